The van der Waals surface area contributed by atoms with Crippen LogP contribution in [-0.2, 0) is 9.22 Å². The molecule has 3 unspecified atom stereocenters. The molecule has 1 rings (SSSR count). The van der Waals surface area contributed by atoms with Crippen LogP contribution in [0.15, 0.2) is 0 Å². The van der Waals surface area contributed by atoms with Gasteiger partial charge >= 0.3 is 0 Å². The molecule has 0 bridgehead atoms. The van der Waals surface area contributed by atoms with E-state index in [2.05, 4.69) is 39.2 Å². The zero-order valence-electron chi connectivity index (χ0n) is 12.4. The van der Waals surface area contributed by atoms with E-state index < -0.39 is 14.6 Å². The summed E-state index contributed by atoms with van der Waals surface area (Å²) in [7, 11) is -1.25. The summed E-state index contributed by atoms with van der Waals surface area (Å²) >= 11 is 0. The third-order valence-corrected chi connectivity index (χ3v) is 4.98. The molecule has 0 aliphatic carbocycles. The van der Waals surface area contributed by atoms with Gasteiger partial charge in [-0.2, -0.15) is 0 Å². The van der Waals surface area contributed by atoms with Crippen LogP contribution >= 0.6 is 0 Å². The molecule has 0 aromatic carbocycles. The van der Waals surface area contributed by atoms with Gasteiger partial charge in [-0.3, -0.25) is 4.79 Å². The summed E-state index contributed by atoms with van der Waals surface area (Å²) in [6, 6.07) is 0.0412. The smallest absolute Gasteiger partial charge is 0.228 e. The Morgan fingerprint density at radius 2 is 1.89 bits per heavy atom. The molecular weight excluding hydrogens is 246 g/mol. The lowest BCUT2D eigenvalue weighted by Crippen LogP contribution is -2.70. The summed E-state index contributed by atoms with van der Waals surface area (Å²) in [4.78, 5) is 11.9. The van der Waals surface area contributed by atoms with Crippen LogP contribution in [0.5, 0.6) is 0 Å². The van der Waals surface area contributed by atoms with Crippen molar-refractivity contribution in [1.82, 2.24) is 5.32 Å². The first kappa shape index (κ1) is 15.7. The summed E-state index contributed by atoms with van der Waals surface area (Å²) in [6.45, 7) is 12.7. The van der Waals surface area contributed by atoms with Gasteiger partial charge in [0.05, 0.1) is 11.5 Å². The van der Waals surface area contributed by atoms with Crippen molar-refractivity contribution >= 4 is 14.9 Å². The molecule has 3 atom stereocenters. The van der Waals surface area contributed by atoms with Gasteiger partial charge in [-0.25, -0.2) is 0 Å². The van der Waals surface area contributed by atoms with Gasteiger partial charge in [-0.1, -0.05) is 20.8 Å². The van der Waals surface area contributed by atoms with E-state index in [0.717, 1.165) is 0 Å². The summed E-state index contributed by atoms with van der Waals surface area (Å²) in [5.41, 5.74) is -0.573. The Balaban J connectivity index is 2.99. The lowest BCUT2D eigenvalue weighted by atomic mass is 9.64. The average molecular weight is 273 g/mol. The van der Waals surface area contributed by atoms with Crippen LogP contribution in [-0.4, -0.2) is 38.3 Å². The van der Waals surface area contributed by atoms with Crippen molar-refractivity contribution in [2.75, 3.05) is 6.61 Å². The second-order valence-corrected chi connectivity index (χ2v) is 8.96. The van der Waals surface area contributed by atoms with Gasteiger partial charge < -0.3 is 14.8 Å². The zero-order valence-corrected chi connectivity index (χ0v) is 13.6. The number of aliphatic hydroxyl groups excluding tert-OH is 1. The first-order valence-electron chi connectivity index (χ1n) is 6.72. The molecule has 18 heavy (non-hydrogen) atoms. The van der Waals surface area contributed by atoms with Crippen LogP contribution in [0.25, 0.3) is 0 Å². The minimum absolute atomic E-state index is 0.0412. The number of hydrogen-bond acceptors (Lipinski definition) is 3. The Kier molecular flexibility index (Phi) is 4.62. The summed E-state index contributed by atoms with van der Waals surface area (Å²) in [5.74, 6) is -0.0972. The van der Waals surface area contributed by atoms with Crippen molar-refractivity contribution in [3.05, 3.63) is 0 Å². The number of carbonyl (C=O) groups excluding carboxylic acids is 1. The van der Waals surface area contributed by atoms with E-state index in [4.69, 9.17) is 9.53 Å². The molecule has 5 heteroatoms. The molecule has 1 saturated heterocycles. The summed E-state index contributed by atoms with van der Waals surface area (Å²) in [5, 5.41) is 12.0. The van der Waals surface area contributed by atoms with Gasteiger partial charge in [0.15, 0.2) is 9.04 Å². The highest BCUT2D eigenvalue weighted by Crippen LogP contribution is 2.45. The second kappa shape index (κ2) is 5.31. The molecule has 1 fully saturated rings. The molecule has 1 heterocycles. The normalized spacial score (nSPS) is 27.7. The van der Waals surface area contributed by atoms with Crippen molar-refractivity contribution in [2.45, 2.75) is 58.9 Å². The van der Waals surface area contributed by atoms with E-state index in [1.807, 2.05) is 6.92 Å². The van der Waals surface area contributed by atoms with Crippen molar-refractivity contribution in [1.29, 1.82) is 0 Å². The lowest BCUT2D eigenvalue weighted by molar-refractivity contribution is -0.159. The SMILES string of the molecule is C[SiH](C)OC(C)(C1C(=O)NC1CCO)C(C)(C)C. The summed E-state index contributed by atoms with van der Waals surface area (Å²) < 4.78 is 6.25. The number of rotatable bonds is 5. The van der Waals surface area contributed by atoms with E-state index in [9.17, 15) is 4.79 Å². The Morgan fingerprint density at radius 1 is 1.33 bits per heavy atom. The van der Waals surface area contributed by atoms with E-state index >= 15 is 0 Å². The topological polar surface area (TPSA) is 58.6 Å². The van der Waals surface area contributed by atoms with Gasteiger partial charge in [0.2, 0.25) is 5.91 Å². The second-order valence-electron chi connectivity index (χ2n) is 6.63. The molecule has 1 aliphatic heterocycles. The largest absolute Gasteiger partial charge is 0.414 e. The van der Waals surface area contributed by atoms with Gasteiger partial charge in [0, 0.05) is 12.6 Å². The van der Waals surface area contributed by atoms with Crippen LogP contribution in [0.3, 0.4) is 0 Å². The highest BCUT2D eigenvalue weighted by molar-refractivity contribution is 6.48. The Labute approximate surface area is 112 Å². The summed E-state index contributed by atoms with van der Waals surface area (Å²) in [6.07, 6.45) is 0.602. The van der Waals surface area contributed by atoms with Crippen LogP contribution in [0.2, 0.25) is 13.1 Å². The number of aliphatic hydroxyl groups is 1. The zero-order chi connectivity index (χ0) is 14.1. The number of nitrogens with one attached hydrogen (secondary N) is 1. The third kappa shape index (κ3) is 2.78. The highest BCUT2D eigenvalue weighted by atomic mass is 28.3. The molecule has 0 aromatic heterocycles. The monoisotopic (exact) mass is 273 g/mol. The Bertz CT molecular complexity index is 314. The first-order chi connectivity index (χ1) is 8.13. The molecule has 106 valence electrons. The molecule has 0 spiro atoms. The van der Waals surface area contributed by atoms with Gasteiger partial charge in [-0.15, -0.1) is 0 Å². The number of β-lactam (4-membered cyclic amide) rings is 1. The van der Waals surface area contributed by atoms with Crippen LogP contribution in [0.1, 0.15) is 34.1 Å². The first-order valence-corrected chi connectivity index (χ1v) is 9.50. The van der Waals surface area contributed by atoms with E-state index in [1.165, 1.54) is 0 Å². The van der Waals surface area contributed by atoms with Gasteiger partial charge in [0.1, 0.15) is 0 Å². The fourth-order valence-electron chi connectivity index (χ4n) is 2.66. The van der Waals surface area contributed by atoms with Crippen molar-refractivity contribution in [2.24, 2.45) is 11.3 Å². The minimum atomic E-state index is -1.25. The number of hydrogen-bond donors (Lipinski definition) is 2. The predicted octanol–water partition coefficient (Wildman–Crippen LogP) is 1.29. The molecule has 1 aliphatic rings. The van der Waals surface area contributed by atoms with Gasteiger partial charge in [-0.05, 0) is 31.9 Å². The van der Waals surface area contributed by atoms with Crippen LogP contribution in [0.4, 0.5) is 0 Å². The maximum Gasteiger partial charge on any atom is 0.228 e. The van der Waals surface area contributed by atoms with E-state index in [-0.39, 0.29) is 29.9 Å². The maximum atomic E-state index is 11.9. The quantitative estimate of drug-likeness (QED) is 0.586. The van der Waals surface area contributed by atoms with Crippen LogP contribution < -0.4 is 5.32 Å². The fraction of sp³-hybridized carbons (Fsp3) is 0.923. The van der Waals surface area contributed by atoms with Crippen molar-refractivity contribution in [3.63, 3.8) is 0 Å². The average Bonchev–Trinajstić information content (AvgIpc) is 2.13. The third-order valence-electron chi connectivity index (χ3n) is 4.02. The van der Waals surface area contributed by atoms with E-state index in [0.29, 0.717) is 6.42 Å². The lowest BCUT2D eigenvalue weighted by Gasteiger charge is -2.54. The highest BCUT2D eigenvalue weighted by Gasteiger charge is 2.56. The van der Waals surface area contributed by atoms with Crippen LogP contribution in [0, 0.1) is 11.3 Å². The molecule has 1 amide bonds. The van der Waals surface area contributed by atoms with Gasteiger partial charge in [0.25, 0.3) is 0 Å². The molecule has 4 nitrogen and oxygen atoms in total. The van der Waals surface area contributed by atoms with Crippen molar-refractivity contribution in [3.8, 4) is 0 Å². The maximum absolute atomic E-state index is 11.9. The molecule has 0 radical (unpaired) electrons. The molecule has 2 N–H and O–H groups in total. The fourth-order valence-corrected chi connectivity index (χ4v) is 4.14. The number of carbonyl (C=O) groups is 1. The number of amides is 1. The Morgan fingerprint density at radius 3 is 2.22 bits per heavy atom. The predicted molar refractivity (Wildman–Crippen MR) is 74.9 cm³/mol. The molecule has 0 saturated carbocycles. The Hall–Kier alpha value is -0.393. The molecule has 0 aromatic rings. The minimum Gasteiger partial charge on any atom is -0.414 e. The standard InChI is InChI=1S/C13H27NO3Si/c1-12(2,3)13(4,17-18(5)6)10-9(7-8-15)14-11(10)16/h9-10,15,18H,7-8H2,1-6H3,(H,14,16). The molecular formula is C13H27NO3Si. The van der Waals surface area contributed by atoms with Crippen molar-refractivity contribution < 1.29 is 14.3 Å². The van der Waals surface area contributed by atoms with E-state index in [1.54, 1.807) is 0 Å².